The Kier molecular flexibility index (Phi) is 4.64. The molecule has 0 radical (unpaired) electrons. The van der Waals surface area contributed by atoms with E-state index in [2.05, 4.69) is 25.4 Å². The minimum atomic E-state index is -3.79. The molecular formula is C14H12BrNO4S. The van der Waals surface area contributed by atoms with Crippen molar-refractivity contribution in [3.05, 3.63) is 58.6 Å². The number of nitrogens with one attached hydrogen (secondary N) is 1. The molecule has 0 amide bonds. The lowest BCUT2D eigenvalue weighted by atomic mass is 10.2. The number of halogens is 1. The predicted molar refractivity (Wildman–Crippen MR) is 82.7 cm³/mol. The van der Waals surface area contributed by atoms with E-state index in [1.165, 1.54) is 31.4 Å². The maximum absolute atomic E-state index is 12.3. The first-order valence-corrected chi connectivity index (χ1v) is 8.17. The fourth-order valence-corrected chi connectivity index (χ4v) is 3.30. The molecule has 5 nitrogen and oxygen atoms in total. The quantitative estimate of drug-likeness (QED) is 0.840. The minimum absolute atomic E-state index is 0.0128. The molecule has 2 aromatic carbocycles. The molecule has 110 valence electrons. The molecule has 0 heterocycles. The van der Waals surface area contributed by atoms with Crippen molar-refractivity contribution in [1.82, 2.24) is 0 Å². The Labute approximate surface area is 131 Å². The van der Waals surface area contributed by atoms with Crippen molar-refractivity contribution < 1.29 is 17.9 Å². The summed E-state index contributed by atoms with van der Waals surface area (Å²) in [6.45, 7) is 0. The van der Waals surface area contributed by atoms with Crippen LogP contribution in [0.5, 0.6) is 0 Å². The number of sulfonamides is 1. The van der Waals surface area contributed by atoms with Crippen molar-refractivity contribution >= 4 is 37.6 Å². The van der Waals surface area contributed by atoms with Crippen molar-refractivity contribution in [2.45, 2.75) is 4.90 Å². The summed E-state index contributed by atoms with van der Waals surface area (Å²) in [5.74, 6) is -0.590. The Morgan fingerprint density at radius 3 is 2.52 bits per heavy atom. The Morgan fingerprint density at radius 2 is 1.86 bits per heavy atom. The number of anilines is 1. The smallest absolute Gasteiger partial charge is 0.337 e. The average molecular weight is 370 g/mol. The van der Waals surface area contributed by atoms with Gasteiger partial charge in [0.05, 0.1) is 23.3 Å². The van der Waals surface area contributed by atoms with E-state index >= 15 is 0 Å². The monoisotopic (exact) mass is 369 g/mol. The highest BCUT2D eigenvalue weighted by atomic mass is 79.9. The molecular weight excluding hydrogens is 358 g/mol. The fourth-order valence-electron chi connectivity index (χ4n) is 1.66. The van der Waals surface area contributed by atoms with Crippen molar-refractivity contribution in [2.24, 2.45) is 0 Å². The molecule has 0 aliphatic carbocycles. The first-order chi connectivity index (χ1) is 9.94. The van der Waals surface area contributed by atoms with Crippen LogP contribution in [0.4, 0.5) is 5.69 Å². The van der Waals surface area contributed by atoms with E-state index in [9.17, 15) is 13.2 Å². The van der Waals surface area contributed by atoms with E-state index in [0.29, 0.717) is 10.2 Å². The zero-order valence-corrected chi connectivity index (χ0v) is 13.4. The predicted octanol–water partition coefficient (Wildman–Crippen LogP) is 3.04. The van der Waals surface area contributed by atoms with Crippen LogP contribution >= 0.6 is 15.9 Å². The van der Waals surface area contributed by atoms with Crippen LogP contribution in [0.2, 0.25) is 0 Å². The third-order valence-corrected chi connectivity index (χ3v) is 4.74. The summed E-state index contributed by atoms with van der Waals surface area (Å²) >= 11 is 3.27. The van der Waals surface area contributed by atoms with Gasteiger partial charge in [0.2, 0.25) is 0 Å². The highest BCUT2D eigenvalue weighted by Crippen LogP contribution is 2.24. The van der Waals surface area contributed by atoms with E-state index in [1.807, 2.05) is 0 Å². The van der Waals surface area contributed by atoms with E-state index in [0.717, 1.165) is 0 Å². The lowest BCUT2D eigenvalue weighted by Crippen LogP contribution is -2.14. The maximum Gasteiger partial charge on any atom is 0.337 e. The molecule has 0 spiro atoms. The molecule has 0 atom stereocenters. The Hall–Kier alpha value is -1.86. The molecule has 2 rings (SSSR count). The molecule has 2 aromatic rings. The molecule has 0 saturated carbocycles. The number of hydrogen-bond donors (Lipinski definition) is 1. The zero-order chi connectivity index (χ0) is 15.5. The van der Waals surface area contributed by atoms with Crippen LogP contribution < -0.4 is 4.72 Å². The van der Waals surface area contributed by atoms with Gasteiger partial charge in [-0.25, -0.2) is 13.2 Å². The van der Waals surface area contributed by atoms with Gasteiger partial charge in [0.25, 0.3) is 10.0 Å². The van der Waals surface area contributed by atoms with Gasteiger partial charge in [-0.3, -0.25) is 4.72 Å². The number of hydrogen-bond acceptors (Lipinski definition) is 4. The van der Waals surface area contributed by atoms with Crippen molar-refractivity contribution in [2.75, 3.05) is 11.8 Å². The molecule has 0 fully saturated rings. The Balaban J connectivity index is 2.36. The van der Waals surface area contributed by atoms with Gasteiger partial charge in [0.1, 0.15) is 0 Å². The SMILES string of the molecule is COC(=O)c1cccc(S(=O)(=O)Nc2ccccc2Br)c1. The number of para-hydroxylation sites is 1. The summed E-state index contributed by atoms with van der Waals surface area (Å²) in [5.41, 5.74) is 0.591. The number of carbonyl (C=O) groups is 1. The molecule has 0 unspecified atom stereocenters. The normalized spacial score (nSPS) is 11.0. The molecule has 0 saturated heterocycles. The number of carbonyl (C=O) groups excluding carboxylic acids is 1. The summed E-state index contributed by atoms with van der Waals surface area (Å²) in [6.07, 6.45) is 0. The second-order valence-corrected chi connectivity index (χ2v) is 6.64. The second kappa shape index (κ2) is 6.28. The molecule has 0 aromatic heterocycles. The molecule has 0 aliphatic rings. The third kappa shape index (κ3) is 3.62. The van der Waals surface area contributed by atoms with Crippen LogP contribution in [-0.2, 0) is 14.8 Å². The summed E-state index contributed by atoms with van der Waals surface area (Å²) in [5, 5.41) is 0. The van der Waals surface area contributed by atoms with Crippen molar-refractivity contribution in [3.63, 3.8) is 0 Å². The van der Waals surface area contributed by atoms with Crippen LogP contribution in [0, 0.1) is 0 Å². The van der Waals surface area contributed by atoms with Gasteiger partial charge in [0, 0.05) is 4.47 Å². The topological polar surface area (TPSA) is 72.5 Å². The first-order valence-electron chi connectivity index (χ1n) is 5.90. The van der Waals surface area contributed by atoms with Gasteiger partial charge in [-0.2, -0.15) is 0 Å². The first kappa shape index (κ1) is 15.5. The van der Waals surface area contributed by atoms with Gasteiger partial charge in [-0.15, -0.1) is 0 Å². The summed E-state index contributed by atoms with van der Waals surface area (Å²) in [4.78, 5) is 11.4. The lowest BCUT2D eigenvalue weighted by Gasteiger charge is -2.10. The van der Waals surface area contributed by atoms with Crippen LogP contribution in [0.15, 0.2) is 57.9 Å². The third-order valence-electron chi connectivity index (χ3n) is 2.68. The minimum Gasteiger partial charge on any atom is -0.465 e. The fraction of sp³-hybridized carbons (Fsp3) is 0.0714. The van der Waals surface area contributed by atoms with Gasteiger partial charge in [-0.05, 0) is 46.3 Å². The van der Waals surface area contributed by atoms with Gasteiger partial charge >= 0.3 is 5.97 Å². The van der Waals surface area contributed by atoms with Crippen LogP contribution in [-0.4, -0.2) is 21.5 Å². The maximum atomic E-state index is 12.3. The standard InChI is InChI=1S/C14H12BrNO4S/c1-20-14(17)10-5-4-6-11(9-10)21(18,19)16-13-8-3-2-7-12(13)15/h2-9,16H,1H3. The number of rotatable bonds is 4. The van der Waals surface area contributed by atoms with E-state index in [-0.39, 0.29) is 10.5 Å². The van der Waals surface area contributed by atoms with E-state index in [1.54, 1.807) is 24.3 Å². The number of esters is 1. The zero-order valence-electron chi connectivity index (χ0n) is 11.0. The largest absolute Gasteiger partial charge is 0.465 e. The van der Waals surface area contributed by atoms with E-state index in [4.69, 9.17) is 0 Å². The number of ether oxygens (including phenoxy) is 1. The summed E-state index contributed by atoms with van der Waals surface area (Å²) in [7, 11) is -2.55. The highest BCUT2D eigenvalue weighted by Gasteiger charge is 2.17. The average Bonchev–Trinajstić information content (AvgIpc) is 2.49. The molecule has 0 aliphatic heterocycles. The van der Waals surface area contributed by atoms with Gasteiger partial charge < -0.3 is 4.74 Å². The number of methoxy groups -OCH3 is 1. The second-order valence-electron chi connectivity index (χ2n) is 4.10. The molecule has 21 heavy (non-hydrogen) atoms. The molecule has 0 bridgehead atoms. The number of benzene rings is 2. The Morgan fingerprint density at radius 1 is 1.14 bits per heavy atom. The summed E-state index contributed by atoms with van der Waals surface area (Å²) < 4.78 is 32.3. The molecule has 1 N–H and O–H groups in total. The van der Waals surface area contributed by atoms with Crippen molar-refractivity contribution in [1.29, 1.82) is 0 Å². The highest BCUT2D eigenvalue weighted by molar-refractivity contribution is 9.10. The summed E-state index contributed by atoms with van der Waals surface area (Å²) in [6, 6.07) is 12.5. The van der Waals surface area contributed by atoms with Gasteiger partial charge in [-0.1, -0.05) is 18.2 Å². The van der Waals surface area contributed by atoms with Crippen LogP contribution in [0.3, 0.4) is 0 Å². The van der Waals surface area contributed by atoms with Crippen molar-refractivity contribution in [3.8, 4) is 0 Å². The lowest BCUT2D eigenvalue weighted by molar-refractivity contribution is 0.0600. The van der Waals surface area contributed by atoms with E-state index < -0.39 is 16.0 Å². The van der Waals surface area contributed by atoms with Crippen LogP contribution in [0.25, 0.3) is 0 Å². The van der Waals surface area contributed by atoms with Crippen LogP contribution in [0.1, 0.15) is 10.4 Å². The van der Waals surface area contributed by atoms with Gasteiger partial charge in [0.15, 0.2) is 0 Å². The Bertz CT molecular complexity index is 774. The molecule has 7 heteroatoms.